The third kappa shape index (κ3) is 1.90. The third-order valence-electron chi connectivity index (χ3n) is 1.63. The van der Waals surface area contributed by atoms with E-state index < -0.39 is 10.8 Å². The average Bonchev–Trinajstić information content (AvgIpc) is 1.90. The lowest BCUT2D eigenvalue weighted by molar-refractivity contribution is -0.111. The number of hydrogen-bond donors (Lipinski definition) is 0. The van der Waals surface area contributed by atoms with Gasteiger partial charge in [-0.2, -0.15) is 0 Å². The van der Waals surface area contributed by atoms with Crippen molar-refractivity contribution in [2.24, 2.45) is 5.92 Å². The van der Waals surface area contributed by atoms with E-state index in [9.17, 15) is 9.00 Å². The molecule has 0 aromatic rings. The Bertz CT molecular complexity index is 123. The van der Waals surface area contributed by atoms with E-state index in [4.69, 9.17) is 0 Å². The quantitative estimate of drug-likeness (QED) is 0.500. The summed E-state index contributed by atoms with van der Waals surface area (Å²) in [5, 5.41) is 0. The van der Waals surface area contributed by atoms with E-state index in [1.54, 1.807) is 0 Å². The number of carbonyl (C=O) groups excluding carboxylic acids is 1. The van der Waals surface area contributed by atoms with Gasteiger partial charge in [-0.25, -0.2) is 0 Å². The molecule has 0 aromatic heterocycles. The summed E-state index contributed by atoms with van der Waals surface area (Å²) in [6, 6.07) is 0. The zero-order chi connectivity index (χ0) is 6.69. The molecular formula is C6H10O2S. The van der Waals surface area contributed by atoms with E-state index in [0.717, 1.165) is 30.6 Å². The van der Waals surface area contributed by atoms with Gasteiger partial charge in [0.05, 0.1) is 0 Å². The zero-order valence-corrected chi connectivity index (χ0v) is 6.02. The van der Waals surface area contributed by atoms with Gasteiger partial charge in [0.15, 0.2) is 0 Å². The molecule has 1 heterocycles. The molecule has 1 fully saturated rings. The summed E-state index contributed by atoms with van der Waals surface area (Å²) in [4.78, 5) is 10.2. The Morgan fingerprint density at radius 2 is 1.89 bits per heavy atom. The molecule has 0 amide bonds. The molecule has 0 bridgehead atoms. The maximum Gasteiger partial charge on any atom is 0.123 e. The van der Waals surface area contributed by atoms with Crippen molar-refractivity contribution in [1.82, 2.24) is 0 Å². The zero-order valence-electron chi connectivity index (χ0n) is 5.21. The fourth-order valence-electron chi connectivity index (χ4n) is 0.948. The normalized spacial score (nSPS) is 36.0. The van der Waals surface area contributed by atoms with Crippen LogP contribution >= 0.6 is 0 Å². The first-order chi connectivity index (χ1) is 4.33. The van der Waals surface area contributed by atoms with Crippen LogP contribution < -0.4 is 0 Å². The highest BCUT2D eigenvalue weighted by atomic mass is 32.2. The second-order valence-corrected chi connectivity index (χ2v) is 4.02. The molecule has 2 nitrogen and oxygen atoms in total. The summed E-state index contributed by atoms with van der Waals surface area (Å²) in [7, 11) is -0.621. The highest BCUT2D eigenvalue weighted by Gasteiger charge is 2.15. The number of carbonyl (C=O) groups is 1. The molecule has 3 heteroatoms. The Kier molecular flexibility index (Phi) is 2.39. The Balaban J connectivity index is 2.34. The van der Waals surface area contributed by atoms with Crippen LogP contribution in [0.4, 0.5) is 0 Å². The van der Waals surface area contributed by atoms with E-state index in [0.29, 0.717) is 0 Å². The molecule has 9 heavy (non-hydrogen) atoms. The van der Waals surface area contributed by atoms with Crippen molar-refractivity contribution < 1.29 is 9.00 Å². The standard InChI is InChI=1S/C6H10O2S/c7-5-6-1-3-9(8)4-2-6/h5-6H,1-4H2. The minimum Gasteiger partial charge on any atom is -0.303 e. The molecule has 1 aliphatic heterocycles. The number of aldehydes is 1. The van der Waals surface area contributed by atoms with Gasteiger partial charge >= 0.3 is 0 Å². The summed E-state index contributed by atoms with van der Waals surface area (Å²) in [5.74, 6) is 1.65. The molecule has 1 rings (SSSR count). The van der Waals surface area contributed by atoms with Crippen LogP contribution in [0.1, 0.15) is 12.8 Å². The van der Waals surface area contributed by atoms with Crippen LogP contribution in [0.15, 0.2) is 0 Å². The smallest absolute Gasteiger partial charge is 0.123 e. The summed E-state index contributed by atoms with van der Waals surface area (Å²) in [6.07, 6.45) is 2.64. The molecule has 0 spiro atoms. The predicted molar refractivity (Wildman–Crippen MR) is 36.7 cm³/mol. The molecular weight excluding hydrogens is 136 g/mol. The van der Waals surface area contributed by atoms with Crippen molar-refractivity contribution >= 4 is 17.1 Å². The molecule has 0 aliphatic carbocycles. The maximum absolute atomic E-state index is 10.7. The van der Waals surface area contributed by atoms with Crippen LogP contribution in [0.25, 0.3) is 0 Å². The van der Waals surface area contributed by atoms with E-state index in [2.05, 4.69) is 0 Å². The van der Waals surface area contributed by atoms with Gasteiger partial charge in [0.1, 0.15) is 6.29 Å². The average molecular weight is 146 g/mol. The molecule has 52 valence electrons. The van der Waals surface area contributed by atoms with Gasteiger partial charge in [0.2, 0.25) is 0 Å². The van der Waals surface area contributed by atoms with Crippen LogP contribution in [0.2, 0.25) is 0 Å². The Labute approximate surface area is 57.1 Å². The van der Waals surface area contributed by atoms with Crippen LogP contribution in [0.3, 0.4) is 0 Å². The maximum atomic E-state index is 10.7. The first-order valence-corrected chi connectivity index (χ1v) is 4.62. The molecule has 0 radical (unpaired) electrons. The Morgan fingerprint density at radius 3 is 2.33 bits per heavy atom. The molecule has 0 atom stereocenters. The fraction of sp³-hybridized carbons (Fsp3) is 0.833. The SMILES string of the molecule is O=CC1CCS(=O)CC1. The van der Waals surface area contributed by atoms with E-state index in [-0.39, 0.29) is 5.92 Å². The second-order valence-electron chi connectivity index (χ2n) is 2.32. The van der Waals surface area contributed by atoms with Gasteiger partial charge in [-0.05, 0) is 12.8 Å². The first-order valence-electron chi connectivity index (χ1n) is 3.13. The van der Waals surface area contributed by atoms with Crippen LogP contribution in [0, 0.1) is 5.92 Å². The largest absolute Gasteiger partial charge is 0.303 e. The van der Waals surface area contributed by atoms with Crippen LogP contribution in [-0.4, -0.2) is 22.0 Å². The molecule has 0 aromatic carbocycles. The van der Waals surface area contributed by atoms with Crippen LogP contribution in [-0.2, 0) is 15.6 Å². The first kappa shape index (κ1) is 6.93. The van der Waals surface area contributed by atoms with Crippen molar-refractivity contribution in [1.29, 1.82) is 0 Å². The van der Waals surface area contributed by atoms with Gasteiger partial charge in [-0.1, -0.05) is 0 Å². The molecule has 1 saturated heterocycles. The lowest BCUT2D eigenvalue weighted by atomic mass is 10.1. The van der Waals surface area contributed by atoms with Crippen molar-refractivity contribution in [3.63, 3.8) is 0 Å². The van der Waals surface area contributed by atoms with Gasteiger partial charge < -0.3 is 4.79 Å². The van der Waals surface area contributed by atoms with Gasteiger partial charge in [0.25, 0.3) is 0 Å². The van der Waals surface area contributed by atoms with Gasteiger partial charge in [0, 0.05) is 28.2 Å². The lowest BCUT2D eigenvalue weighted by Gasteiger charge is -2.14. The van der Waals surface area contributed by atoms with Crippen molar-refractivity contribution in [3.8, 4) is 0 Å². The number of rotatable bonds is 1. The second kappa shape index (κ2) is 3.11. The summed E-state index contributed by atoms with van der Waals surface area (Å²) in [5.41, 5.74) is 0. The molecule has 1 aliphatic rings. The summed E-state index contributed by atoms with van der Waals surface area (Å²) < 4.78 is 10.7. The minimum atomic E-state index is -0.621. The molecule has 0 N–H and O–H groups in total. The summed E-state index contributed by atoms with van der Waals surface area (Å²) >= 11 is 0. The highest BCUT2D eigenvalue weighted by molar-refractivity contribution is 7.85. The Hall–Kier alpha value is -0.180. The molecule has 0 unspecified atom stereocenters. The highest BCUT2D eigenvalue weighted by Crippen LogP contribution is 2.13. The molecule has 0 saturated carbocycles. The summed E-state index contributed by atoms with van der Waals surface area (Å²) in [6.45, 7) is 0. The van der Waals surface area contributed by atoms with E-state index in [1.807, 2.05) is 0 Å². The predicted octanol–water partition coefficient (Wildman–Crippen LogP) is 0.344. The lowest BCUT2D eigenvalue weighted by Crippen LogP contribution is -2.18. The van der Waals surface area contributed by atoms with Crippen molar-refractivity contribution in [2.45, 2.75) is 12.8 Å². The van der Waals surface area contributed by atoms with Crippen molar-refractivity contribution in [3.05, 3.63) is 0 Å². The monoisotopic (exact) mass is 146 g/mol. The van der Waals surface area contributed by atoms with Crippen LogP contribution in [0.5, 0.6) is 0 Å². The fourth-order valence-corrected chi connectivity index (χ4v) is 2.28. The Morgan fingerprint density at radius 1 is 1.33 bits per heavy atom. The number of hydrogen-bond acceptors (Lipinski definition) is 2. The topological polar surface area (TPSA) is 34.1 Å². The van der Waals surface area contributed by atoms with E-state index in [1.165, 1.54) is 0 Å². The van der Waals surface area contributed by atoms with Crippen molar-refractivity contribution in [2.75, 3.05) is 11.5 Å². The van der Waals surface area contributed by atoms with Gasteiger partial charge in [-0.15, -0.1) is 0 Å². The van der Waals surface area contributed by atoms with Gasteiger partial charge in [-0.3, -0.25) is 4.21 Å². The minimum absolute atomic E-state index is 0.197. The van der Waals surface area contributed by atoms with E-state index >= 15 is 0 Å². The third-order valence-corrected chi connectivity index (χ3v) is 3.01.